The molecule has 0 aliphatic heterocycles. The lowest BCUT2D eigenvalue weighted by Gasteiger charge is -2.20. The molecule has 0 atom stereocenters. The number of nitrogens with one attached hydrogen (secondary N) is 1. The maximum absolute atomic E-state index is 12.9. The minimum absolute atomic E-state index is 0.178. The molecule has 3 aromatic heterocycles. The first-order chi connectivity index (χ1) is 16.6. The molecule has 0 fully saturated rings. The van der Waals surface area contributed by atoms with Crippen molar-refractivity contribution in [1.29, 1.82) is 0 Å². The van der Waals surface area contributed by atoms with Gasteiger partial charge in [-0.25, -0.2) is 14.8 Å². The van der Waals surface area contributed by atoms with Crippen LogP contribution in [-0.2, 0) is 16.2 Å². The van der Waals surface area contributed by atoms with Crippen LogP contribution >= 0.6 is 45.9 Å². The van der Waals surface area contributed by atoms with E-state index in [1.165, 1.54) is 47.0 Å². The number of anilines is 2. The molecule has 35 heavy (non-hydrogen) atoms. The molecule has 1 N–H and O–H groups in total. The highest BCUT2D eigenvalue weighted by Gasteiger charge is 2.20. The minimum Gasteiger partial charge on any atom is -0.340 e. The van der Waals surface area contributed by atoms with Crippen molar-refractivity contribution < 1.29 is 14.4 Å². The first kappa shape index (κ1) is 27.3. The van der Waals surface area contributed by atoms with Gasteiger partial charge in [0.15, 0.2) is 10.9 Å². The minimum atomic E-state index is -0.398. The molecule has 0 aromatic carbocycles. The largest absolute Gasteiger partial charge is 0.340 e. The lowest BCUT2D eigenvalue weighted by molar-refractivity contribution is -0.144. The van der Waals surface area contributed by atoms with E-state index < -0.39 is 5.91 Å². The summed E-state index contributed by atoms with van der Waals surface area (Å²) in [4.78, 5) is 42.9. The Bertz CT molecular complexity index is 1200. The van der Waals surface area contributed by atoms with E-state index in [1.807, 2.05) is 25.4 Å². The van der Waals surface area contributed by atoms with Crippen LogP contribution in [0.25, 0.3) is 10.6 Å². The van der Waals surface area contributed by atoms with Crippen molar-refractivity contribution in [2.45, 2.75) is 46.2 Å². The molecule has 0 spiro atoms. The van der Waals surface area contributed by atoms with Crippen molar-refractivity contribution in [1.82, 2.24) is 14.9 Å². The number of hydrogen-bond acceptors (Lipinski definition) is 9. The second-order valence-electron chi connectivity index (χ2n) is 8.12. The molecule has 3 rings (SSSR count). The zero-order valence-electron chi connectivity index (χ0n) is 20.1. The molecular formula is C23H27Cl2N5O3S2. The van der Waals surface area contributed by atoms with E-state index in [9.17, 15) is 9.59 Å². The van der Waals surface area contributed by atoms with E-state index in [4.69, 9.17) is 28.0 Å². The summed E-state index contributed by atoms with van der Waals surface area (Å²) in [6.45, 7) is 6.80. The number of hydrogen-bond donors (Lipinski definition) is 1. The van der Waals surface area contributed by atoms with Gasteiger partial charge in [0.25, 0.3) is 5.91 Å². The molecule has 8 nitrogen and oxygen atoms in total. The number of carbonyl (C=O) groups excluding carboxylic acids is 2. The third kappa shape index (κ3) is 7.14. The van der Waals surface area contributed by atoms with E-state index in [-0.39, 0.29) is 28.8 Å². The first-order valence-electron chi connectivity index (χ1n) is 10.9. The van der Waals surface area contributed by atoms with Crippen LogP contribution in [0.3, 0.4) is 0 Å². The highest BCUT2D eigenvalue weighted by Crippen LogP contribution is 2.37. The van der Waals surface area contributed by atoms with Gasteiger partial charge < -0.3 is 4.84 Å². The van der Waals surface area contributed by atoms with Crippen LogP contribution in [0.2, 0.25) is 10.0 Å². The predicted molar refractivity (Wildman–Crippen MR) is 144 cm³/mol. The summed E-state index contributed by atoms with van der Waals surface area (Å²) in [6, 6.07) is 3.70. The van der Waals surface area contributed by atoms with Gasteiger partial charge in [0, 0.05) is 42.5 Å². The zero-order chi connectivity index (χ0) is 25.7. The van der Waals surface area contributed by atoms with Gasteiger partial charge in [-0.2, -0.15) is 5.06 Å². The summed E-state index contributed by atoms with van der Waals surface area (Å²) in [5.41, 5.74) is 1.06. The topological polar surface area (TPSA) is 87.7 Å². The molecule has 0 saturated heterocycles. The second-order valence-corrected chi connectivity index (χ2v) is 11.0. The third-order valence-corrected chi connectivity index (χ3v) is 7.59. The quantitative estimate of drug-likeness (QED) is 0.291. The van der Waals surface area contributed by atoms with Gasteiger partial charge in [-0.1, -0.05) is 41.5 Å². The number of nitrogens with zero attached hydrogens (tertiary/aromatic N) is 4. The monoisotopic (exact) mass is 555 g/mol. The van der Waals surface area contributed by atoms with Gasteiger partial charge in [-0.15, -0.1) is 11.3 Å². The van der Waals surface area contributed by atoms with Crippen molar-refractivity contribution in [3.8, 4) is 10.6 Å². The molecule has 1 amide bonds. The lowest BCUT2D eigenvalue weighted by Crippen LogP contribution is -2.25. The summed E-state index contributed by atoms with van der Waals surface area (Å²) < 4.78 is 0. The summed E-state index contributed by atoms with van der Waals surface area (Å²) >= 11 is 15.4. The van der Waals surface area contributed by atoms with Crippen LogP contribution in [0.5, 0.6) is 0 Å². The molecule has 0 aliphatic carbocycles. The van der Waals surface area contributed by atoms with Gasteiger partial charge >= 0.3 is 5.97 Å². The number of aromatic nitrogens is 2. The van der Waals surface area contributed by atoms with E-state index >= 15 is 0 Å². The van der Waals surface area contributed by atoms with Crippen molar-refractivity contribution in [2.24, 2.45) is 0 Å². The van der Waals surface area contributed by atoms with Crippen molar-refractivity contribution in [3.63, 3.8) is 0 Å². The fourth-order valence-electron chi connectivity index (χ4n) is 2.95. The van der Waals surface area contributed by atoms with E-state index in [1.54, 1.807) is 0 Å². The average molecular weight is 557 g/mol. The number of pyridine rings is 1. The highest BCUT2D eigenvalue weighted by atomic mass is 35.5. The molecule has 3 heterocycles. The Kier molecular flexibility index (Phi) is 9.48. The molecule has 0 aliphatic rings. The number of halogens is 2. The van der Waals surface area contributed by atoms with Crippen molar-refractivity contribution in [3.05, 3.63) is 44.2 Å². The zero-order valence-corrected chi connectivity index (χ0v) is 23.2. The van der Waals surface area contributed by atoms with Crippen LogP contribution in [0.4, 0.5) is 10.9 Å². The molecular weight excluding hydrogens is 529 g/mol. The number of thiazole rings is 1. The Balaban J connectivity index is 1.79. The van der Waals surface area contributed by atoms with Crippen LogP contribution in [-0.4, -0.2) is 46.9 Å². The van der Waals surface area contributed by atoms with Gasteiger partial charge in [0.05, 0.1) is 26.2 Å². The number of thiophene rings is 1. The molecule has 0 unspecified atom stereocenters. The Morgan fingerprint density at radius 2 is 1.97 bits per heavy atom. The number of rotatable bonds is 10. The first-order valence-corrected chi connectivity index (χ1v) is 13.4. The Labute approximate surface area is 222 Å². The molecule has 188 valence electrons. The molecule has 12 heteroatoms. The lowest BCUT2D eigenvalue weighted by atomic mass is 10.2. The van der Waals surface area contributed by atoms with Crippen LogP contribution in [0, 0.1) is 0 Å². The average Bonchev–Trinajstić information content (AvgIpc) is 3.39. The normalized spacial score (nSPS) is 11.2. The van der Waals surface area contributed by atoms with Crippen LogP contribution < -0.4 is 10.4 Å². The van der Waals surface area contributed by atoms with Gasteiger partial charge in [-0.3, -0.25) is 15.0 Å². The summed E-state index contributed by atoms with van der Waals surface area (Å²) in [5, 5.41) is 7.19. The number of amides is 1. The number of carbonyl (C=O) groups is 2. The fourth-order valence-corrected chi connectivity index (χ4v) is 5.43. The molecule has 3 aromatic rings. The maximum Gasteiger partial charge on any atom is 0.332 e. The third-order valence-electron chi connectivity index (χ3n) is 5.07. The van der Waals surface area contributed by atoms with Gasteiger partial charge in [0.1, 0.15) is 0 Å². The van der Waals surface area contributed by atoms with Crippen molar-refractivity contribution in [2.75, 3.05) is 24.5 Å². The van der Waals surface area contributed by atoms with E-state index in [0.29, 0.717) is 29.2 Å². The fraction of sp³-hybridized carbons (Fsp3) is 0.391. The Hall–Kier alpha value is -2.24. The summed E-state index contributed by atoms with van der Waals surface area (Å²) in [5.74, 6) is -0.553. The predicted octanol–water partition coefficient (Wildman–Crippen LogP) is 6.36. The molecule has 0 bridgehead atoms. The van der Waals surface area contributed by atoms with Crippen LogP contribution in [0.1, 0.15) is 48.8 Å². The second kappa shape index (κ2) is 12.1. The smallest absolute Gasteiger partial charge is 0.332 e. The van der Waals surface area contributed by atoms with Crippen LogP contribution in [0.15, 0.2) is 23.7 Å². The van der Waals surface area contributed by atoms with E-state index in [0.717, 1.165) is 15.4 Å². The summed E-state index contributed by atoms with van der Waals surface area (Å²) in [6.07, 6.45) is 2.33. The standard InChI is InChI=1S/C23H27Cl2N5O3S2/c1-6-7-19(31)33-30(5)21-16(25)8-14(10-26-21)22(32)28-23-27-20(17-9-15(24)12-34-17)18(35-23)11-29(4)13(2)3/h8-10,12-13H,6-7,11H2,1-5H3,(H,27,28,32). The van der Waals surface area contributed by atoms with Gasteiger partial charge in [0.2, 0.25) is 0 Å². The van der Waals surface area contributed by atoms with E-state index in [2.05, 4.69) is 34.0 Å². The summed E-state index contributed by atoms with van der Waals surface area (Å²) in [7, 11) is 3.57. The Morgan fingerprint density at radius 3 is 2.57 bits per heavy atom. The van der Waals surface area contributed by atoms with Crippen molar-refractivity contribution >= 4 is 68.7 Å². The molecule has 0 saturated carbocycles. The van der Waals surface area contributed by atoms with Gasteiger partial charge in [-0.05, 0) is 39.4 Å². The number of hydroxylamine groups is 1. The Morgan fingerprint density at radius 1 is 1.23 bits per heavy atom. The SMILES string of the molecule is CCCC(=O)ON(C)c1ncc(C(=O)Nc2nc(-c3cc(Cl)cs3)c(CN(C)C(C)C)s2)cc1Cl. The molecule has 0 radical (unpaired) electrons. The highest BCUT2D eigenvalue weighted by molar-refractivity contribution is 7.17. The maximum atomic E-state index is 12.9.